The lowest BCUT2D eigenvalue weighted by molar-refractivity contribution is -0.122. The Balaban J connectivity index is 0.00000320. The number of nitrogens with two attached hydrogens (primary N) is 1. The molecule has 5 rings (SSSR count). The average molecular weight is 524 g/mol. The van der Waals surface area contributed by atoms with Gasteiger partial charge in [-0.25, -0.2) is 0 Å². The zero-order valence-corrected chi connectivity index (χ0v) is 22.9. The van der Waals surface area contributed by atoms with Crippen molar-refractivity contribution in [1.29, 1.82) is 0 Å². The van der Waals surface area contributed by atoms with E-state index in [1.807, 2.05) is 12.1 Å². The number of nitrogens with zero attached hydrogens (tertiary/aromatic N) is 1. The van der Waals surface area contributed by atoms with Gasteiger partial charge in [0.15, 0.2) is 0 Å². The molecular formula is C31H42ClN3O2. The molecule has 2 aliphatic rings. The number of nitrogens with one attached hydrogen (secondary N) is 1. The quantitative estimate of drug-likeness (QED) is 0.348. The third-order valence-electron chi connectivity index (χ3n) is 8.32. The summed E-state index contributed by atoms with van der Waals surface area (Å²) in [6.45, 7) is 1.07. The predicted molar refractivity (Wildman–Crippen MR) is 154 cm³/mol. The molecule has 2 aliphatic carbocycles. The lowest BCUT2D eigenvalue weighted by atomic mass is 9.89. The second-order valence-corrected chi connectivity index (χ2v) is 10.9. The van der Waals surface area contributed by atoms with E-state index in [-0.39, 0.29) is 24.4 Å². The number of aromatic nitrogens is 1. The van der Waals surface area contributed by atoms with Gasteiger partial charge in [0.05, 0.1) is 7.11 Å². The second-order valence-electron chi connectivity index (χ2n) is 10.9. The molecule has 2 aromatic carbocycles. The smallest absolute Gasteiger partial charge is 0.220 e. The Kier molecular flexibility index (Phi) is 9.55. The van der Waals surface area contributed by atoms with Crippen LogP contribution < -0.4 is 15.8 Å². The number of fused-ring (bicyclic) bond motifs is 1. The van der Waals surface area contributed by atoms with Crippen LogP contribution in [0.25, 0.3) is 22.0 Å². The molecule has 0 spiro atoms. The SMILES string of the molecule is COc1ccccc1-c1ccc2c(c1)c(CCC(=O)NC1CCC(N)CC1)cn2CC1CCCCC1.Cl. The number of para-hydroxylation sites is 1. The summed E-state index contributed by atoms with van der Waals surface area (Å²) in [4.78, 5) is 12.8. The van der Waals surface area contributed by atoms with E-state index in [0.717, 1.165) is 61.4 Å². The molecule has 0 aliphatic heterocycles. The first-order valence-electron chi connectivity index (χ1n) is 13.9. The number of carbonyl (C=O) groups is 1. The van der Waals surface area contributed by atoms with Crippen LogP contribution in [0.4, 0.5) is 0 Å². The fraction of sp³-hybridized carbons (Fsp3) is 0.516. The van der Waals surface area contributed by atoms with Crippen LogP contribution in [-0.2, 0) is 17.8 Å². The van der Waals surface area contributed by atoms with Crippen molar-refractivity contribution in [2.45, 2.75) is 89.3 Å². The number of aryl methyl sites for hydroxylation is 1. The van der Waals surface area contributed by atoms with E-state index in [1.165, 1.54) is 48.6 Å². The number of methoxy groups -OCH3 is 1. The molecule has 0 bridgehead atoms. The standard InChI is InChI=1S/C31H41N3O2.ClH/c1-36-30-10-6-5-9-27(30)23-11-17-29-28(19-23)24(21-34(29)20-22-7-3-2-4-8-22)12-18-31(35)33-26-15-13-25(32)14-16-26;/h5-6,9-11,17,19,21-22,25-26H,2-4,7-8,12-16,18,20,32H2,1H3,(H,33,35);1H. The molecule has 200 valence electrons. The van der Waals surface area contributed by atoms with Gasteiger partial charge in [0, 0.05) is 47.7 Å². The van der Waals surface area contributed by atoms with Gasteiger partial charge in [-0.2, -0.15) is 0 Å². The maximum absolute atomic E-state index is 12.8. The van der Waals surface area contributed by atoms with Crippen LogP contribution in [0.5, 0.6) is 5.75 Å². The Morgan fingerprint density at radius 3 is 2.54 bits per heavy atom. The maximum atomic E-state index is 12.8. The number of carbonyl (C=O) groups excluding carboxylic acids is 1. The molecule has 1 amide bonds. The highest BCUT2D eigenvalue weighted by Crippen LogP contribution is 2.35. The molecule has 2 saturated carbocycles. The molecule has 0 unspecified atom stereocenters. The first-order valence-corrected chi connectivity index (χ1v) is 13.9. The fourth-order valence-electron chi connectivity index (χ4n) is 6.23. The van der Waals surface area contributed by atoms with Crippen LogP contribution in [0.2, 0.25) is 0 Å². The fourth-order valence-corrected chi connectivity index (χ4v) is 6.23. The molecular weight excluding hydrogens is 482 g/mol. The summed E-state index contributed by atoms with van der Waals surface area (Å²) in [5.74, 6) is 1.79. The Bertz CT molecular complexity index is 1180. The van der Waals surface area contributed by atoms with E-state index in [1.54, 1.807) is 7.11 Å². The number of rotatable bonds is 8. The molecule has 3 N–H and O–H groups in total. The molecule has 0 saturated heterocycles. The van der Waals surface area contributed by atoms with Gasteiger partial charge in [-0.1, -0.05) is 43.5 Å². The number of amides is 1. The largest absolute Gasteiger partial charge is 0.496 e. The van der Waals surface area contributed by atoms with Gasteiger partial charge < -0.3 is 20.4 Å². The van der Waals surface area contributed by atoms with Gasteiger partial charge in [-0.05, 0) is 80.2 Å². The van der Waals surface area contributed by atoms with Crippen molar-refractivity contribution < 1.29 is 9.53 Å². The third kappa shape index (κ3) is 6.69. The Labute approximate surface area is 227 Å². The highest BCUT2D eigenvalue weighted by Gasteiger charge is 2.21. The summed E-state index contributed by atoms with van der Waals surface area (Å²) in [6.07, 6.45) is 14.3. The van der Waals surface area contributed by atoms with E-state index in [2.05, 4.69) is 46.4 Å². The van der Waals surface area contributed by atoms with Gasteiger partial charge >= 0.3 is 0 Å². The van der Waals surface area contributed by atoms with E-state index in [0.29, 0.717) is 12.5 Å². The second kappa shape index (κ2) is 12.8. The molecule has 0 radical (unpaired) electrons. The van der Waals surface area contributed by atoms with Gasteiger partial charge in [0.1, 0.15) is 5.75 Å². The Morgan fingerprint density at radius 2 is 1.78 bits per heavy atom. The minimum absolute atomic E-state index is 0. The number of benzene rings is 2. The molecule has 1 aromatic heterocycles. The highest BCUT2D eigenvalue weighted by molar-refractivity contribution is 5.90. The van der Waals surface area contributed by atoms with Crippen molar-refractivity contribution in [3.8, 4) is 16.9 Å². The lowest BCUT2D eigenvalue weighted by Gasteiger charge is -2.26. The normalized spacial score (nSPS) is 20.4. The van der Waals surface area contributed by atoms with E-state index in [9.17, 15) is 4.79 Å². The highest BCUT2D eigenvalue weighted by atomic mass is 35.5. The minimum atomic E-state index is 0. The van der Waals surface area contributed by atoms with Crippen molar-refractivity contribution in [1.82, 2.24) is 9.88 Å². The zero-order valence-electron chi connectivity index (χ0n) is 22.1. The van der Waals surface area contributed by atoms with Crippen molar-refractivity contribution in [2.75, 3.05) is 7.11 Å². The van der Waals surface area contributed by atoms with Gasteiger partial charge in [-0.15, -0.1) is 12.4 Å². The van der Waals surface area contributed by atoms with Crippen LogP contribution in [0, 0.1) is 5.92 Å². The summed E-state index contributed by atoms with van der Waals surface area (Å²) in [5, 5.41) is 4.52. The van der Waals surface area contributed by atoms with Crippen LogP contribution in [0.15, 0.2) is 48.7 Å². The van der Waals surface area contributed by atoms with Crippen molar-refractivity contribution in [3.05, 3.63) is 54.2 Å². The zero-order chi connectivity index (χ0) is 24.9. The first-order chi connectivity index (χ1) is 17.6. The molecule has 3 aromatic rings. The lowest BCUT2D eigenvalue weighted by Crippen LogP contribution is -2.40. The van der Waals surface area contributed by atoms with Crippen molar-refractivity contribution in [3.63, 3.8) is 0 Å². The molecule has 1 heterocycles. The number of ether oxygens (including phenoxy) is 1. The van der Waals surface area contributed by atoms with Crippen LogP contribution in [0.3, 0.4) is 0 Å². The van der Waals surface area contributed by atoms with E-state index >= 15 is 0 Å². The number of halogens is 1. The van der Waals surface area contributed by atoms with E-state index < -0.39 is 0 Å². The maximum Gasteiger partial charge on any atom is 0.220 e. The third-order valence-corrected chi connectivity index (χ3v) is 8.32. The summed E-state index contributed by atoms with van der Waals surface area (Å²) in [7, 11) is 1.72. The van der Waals surface area contributed by atoms with Crippen molar-refractivity contribution in [2.24, 2.45) is 11.7 Å². The average Bonchev–Trinajstić information content (AvgIpc) is 3.25. The van der Waals surface area contributed by atoms with Gasteiger partial charge in [0.2, 0.25) is 5.91 Å². The van der Waals surface area contributed by atoms with E-state index in [4.69, 9.17) is 10.5 Å². The van der Waals surface area contributed by atoms with Crippen LogP contribution >= 0.6 is 12.4 Å². The molecule has 37 heavy (non-hydrogen) atoms. The minimum Gasteiger partial charge on any atom is -0.496 e. The molecule has 0 atom stereocenters. The Morgan fingerprint density at radius 1 is 1.03 bits per heavy atom. The van der Waals surface area contributed by atoms with Gasteiger partial charge in [0.25, 0.3) is 0 Å². The summed E-state index contributed by atoms with van der Waals surface area (Å²) >= 11 is 0. The molecule has 2 fully saturated rings. The van der Waals surface area contributed by atoms with Crippen LogP contribution in [-0.4, -0.2) is 29.7 Å². The first kappa shape index (κ1) is 27.5. The predicted octanol–water partition coefficient (Wildman–Crippen LogP) is 6.64. The van der Waals surface area contributed by atoms with Crippen molar-refractivity contribution >= 4 is 29.2 Å². The van der Waals surface area contributed by atoms with Crippen LogP contribution in [0.1, 0.15) is 69.8 Å². The number of hydrogen-bond acceptors (Lipinski definition) is 3. The molecule has 6 heteroatoms. The Hall–Kier alpha value is -2.50. The monoisotopic (exact) mass is 523 g/mol. The summed E-state index contributed by atoms with van der Waals surface area (Å²) < 4.78 is 8.09. The summed E-state index contributed by atoms with van der Waals surface area (Å²) in [6, 6.07) is 15.5. The topological polar surface area (TPSA) is 69.3 Å². The van der Waals surface area contributed by atoms with Gasteiger partial charge in [-0.3, -0.25) is 4.79 Å². The number of hydrogen-bond donors (Lipinski definition) is 2. The summed E-state index contributed by atoms with van der Waals surface area (Å²) in [5.41, 5.74) is 10.8. The molecule has 5 nitrogen and oxygen atoms in total.